The van der Waals surface area contributed by atoms with Crippen LogP contribution in [0.3, 0.4) is 0 Å². The second kappa shape index (κ2) is 5.58. The fraction of sp³-hybridized carbons (Fsp3) is 0.667. The lowest BCUT2D eigenvalue weighted by molar-refractivity contribution is 0.145. The number of hydrogen-bond acceptors (Lipinski definition) is 5. The Labute approximate surface area is 120 Å². The number of hydrogen-bond donors (Lipinski definition) is 1. The number of methoxy groups -OCH3 is 1. The summed E-state index contributed by atoms with van der Waals surface area (Å²) in [5.41, 5.74) is 2.27. The fourth-order valence-electron chi connectivity index (χ4n) is 3.19. The van der Waals surface area contributed by atoms with Gasteiger partial charge in [0.2, 0.25) is 0 Å². The van der Waals surface area contributed by atoms with Crippen LogP contribution in [0, 0.1) is 6.92 Å². The van der Waals surface area contributed by atoms with E-state index >= 15 is 0 Å². The number of fused-ring (bicyclic) bond motifs is 3. The lowest BCUT2D eigenvalue weighted by atomic mass is 10.1. The molecule has 2 aliphatic rings. The van der Waals surface area contributed by atoms with E-state index in [0.717, 1.165) is 36.8 Å². The number of aromatic nitrogens is 1. The Morgan fingerprint density at radius 3 is 3.05 bits per heavy atom. The summed E-state index contributed by atoms with van der Waals surface area (Å²) in [7, 11) is 1.68. The van der Waals surface area contributed by atoms with Crippen molar-refractivity contribution in [3.63, 3.8) is 0 Å². The smallest absolute Gasteiger partial charge is 0.141 e. The lowest BCUT2D eigenvalue weighted by Gasteiger charge is -2.37. The molecule has 2 atom stereocenters. The van der Waals surface area contributed by atoms with Crippen LogP contribution in [0.5, 0.6) is 5.75 Å². The van der Waals surface area contributed by atoms with Crippen molar-refractivity contribution in [3.05, 3.63) is 17.3 Å². The van der Waals surface area contributed by atoms with E-state index in [1.807, 2.05) is 6.92 Å². The van der Waals surface area contributed by atoms with Crippen molar-refractivity contribution in [3.8, 4) is 5.75 Å². The third-order valence-electron chi connectivity index (χ3n) is 4.16. The standard InChI is InChI=1S/C15H23N3O2/c1-10-8-16-9-13-6-12-7-14(20-5-4-19-3)11(2)17-15(12)18(10)13/h7,10,13,16H,4-6,8-9H2,1-3H3/t10-,13?/m1/s1. The monoisotopic (exact) mass is 277 g/mol. The maximum atomic E-state index is 5.76. The van der Waals surface area contributed by atoms with E-state index in [0.29, 0.717) is 25.3 Å². The zero-order valence-corrected chi connectivity index (χ0v) is 12.5. The molecule has 5 heteroatoms. The Kier molecular flexibility index (Phi) is 3.81. The molecular formula is C15H23N3O2. The Hall–Kier alpha value is -1.33. The first-order valence-electron chi connectivity index (χ1n) is 7.32. The van der Waals surface area contributed by atoms with Crippen LogP contribution in [-0.4, -0.2) is 50.5 Å². The maximum absolute atomic E-state index is 5.76. The van der Waals surface area contributed by atoms with Crippen LogP contribution >= 0.6 is 0 Å². The van der Waals surface area contributed by atoms with E-state index in [2.05, 4.69) is 23.2 Å². The molecule has 1 aromatic heterocycles. The highest BCUT2D eigenvalue weighted by Crippen LogP contribution is 2.36. The highest BCUT2D eigenvalue weighted by molar-refractivity contribution is 5.58. The Balaban J connectivity index is 1.84. The molecule has 0 aromatic carbocycles. The Bertz CT molecular complexity index is 492. The normalized spacial score (nSPS) is 24.4. The molecule has 0 spiro atoms. The van der Waals surface area contributed by atoms with Gasteiger partial charge in [-0.3, -0.25) is 0 Å². The molecule has 1 aromatic rings. The SMILES string of the molecule is COCCOc1cc2c(nc1C)N1C(CNC[C@H]1C)C2. The minimum atomic E-state index is 0.502. The van der Waals surface area contributed by atoms with Gasteiger partial charge < -0.3 is 19.7 Å². The van der Waals surface area contributed by atoms with Crippen molar-refractivity contribution in [2.24, 2.45) is 0 Å². The first-order valence-corrected chi connectivity index (χ1v) is 7.32. The first kappa shape index (κ1) is 13.6. The minimum Gasteiger partial charge on any atom is -0.489 e. The van der Waals surface area contributed by atoms with Crippen LogP contribution in [0.25, 0.3) is 0 Å². The van der Waals surface area contributed by atoms with Gasteiger partial charge in [-0.05, 0) is 26.3 Å². The summed E-state index contributed by atoms with van der Waals surface area (Å²) in [5.74, 6) is 2.04. The molecule has 1 unspecified atom stereocenters. The number of anilines is 1. The third-order valence-corrected chi connectivity index (χ3v) is 4.16. The van der Waals surface area contributed by atoms with E-state index in [4.69, 9.17) is 14.5 Å². The zero-order valence-electron chi connectivity index (χ0n) is 12.5. The molecule has 3 heterocycles. The predicted octanol–water partition coefficient (Wildman–Crippen LogP) is 1.14. The van der Waals surface area contributed by atoms with Crippen molar-refractivity contribution in [1.82, 2.24) is 10.3 Å². The molecule has 3 rings (SSSR count). The summed E-state index contributed by atoms with van der Waals surface area (Å²) < 4.78 is 10.8. The van der Waals surface area contributed by atoms with Crippen molar-refractivity contribution in [2.45, 2.75) is 32.4 Å². The van der Waals surface area contributed by atoms with E-state index < -0.39 is 0 Å². The summed E-state index contributed by atoms with van der Waals surface area (Å²) in [4.78, 5) is 7.27. The van der Waals surface area contributed by atoms with Gasteiger partial charge in [0.15, 0.2) is 0 Å². The summed E-state index contributed by atoms with van der Waals surface area (Å²) >= 11 is 0. The van der Waals surface area contributed by atoms with E-state index in [1.165, 1.54) is 5.56 Å². The number of piperazine rings is 1. The molecule has 0 radical (unpaired) electrons. The van der Waals surface area contributed by atoms with Crippen molar-refractivity contribution >= 4 is 5.82 Å². The minimum absolute atomic E-state index is 0.502. The molecule has 0 aliphatic carbocycles. The van der Waals surface area contributed by atoms with Gasteiger partial charge in [0.1, 0.15) is 18.2 Å². The predicted molar refractivity (Wildman–Crippen MR) is 78.6 cm³/mol. The average molecular weight is 277 g/mol. The highest BCUT2D eigenvalue weighted by Gasteiger charge is 2.36. The lowest BCUT2D eigenvalue weighted by Crippen LogP contribution is -2.55. The molecule has 5 nitrogen and oxygen atoms in total. The van der Waals surface area contributed by atoms with Gasteiger partial charge in [0.05, 0.1) is 12.3 Å². The summed E-state index contributed by atoms with van der Waals surface area (Å²) in [5, 5.41) is 3.49. The Morgan fingerprint density at radius 2 is 2.25 bits per heavy atom. The van der Waals surface area contributed by atoms with Crippen molar-refractivity contribution < 1.29 is 9.47 Å². The quantitative estimate of drug-likeness (QED) is 0.836. The number of ether oxygens (including phenoxy) is 2. The summed E-state index contributed by atoms with van der Waals surface area (Å²) in [6, 6.07) is 3.20. The van der Waals surface area contributed by atoms with Gasteiger partial charge in [-0.2, -0.15) is 0 Å². The molecule has 0 bridgehead atoms. The van der Waals surface area contributed by atoms with Crippen LogP contribution in [0.1, 0.15) is 18.2 Å². The molecule has 1 N–H and O–H groups in total. The zero-order chi connectivity index (χ0) is 14.1. The number of pyridine rings is 1. The maximum Gasteiger partial charge on any atom is 0.141 e. The number of nitrogens with zero attached hydrogens (tertiary/aromatic N) is 2. The van der Waals surface area contributed by atoms with Crippen LogP contribution in [-0.2, 0) is 11.2 Å². The molecule has 110 valence electrons. The van der Waals surface area contributed by atoms with Crippen LogP contribution in [0.4, 0.5) is 5.82 Å². The van der Waals surface area contributed by atoms with Crippen LogP contribution in [0.2, 0.25) is 0 Å². The van der Waals surface area contributed by atoms with Gasteiger partial charge >= 0.3 is 0 Å². The summed E-state index contributed by atoms with van der Waals surface area (Å²) in [6.07, 6.45) is 1.06. The number of aryl methyl sites for hydroxylation is 1. The molecule has 1 fully saturated rings. The van der Waals surface area contributed by atoms with Gasteiger partial charge in [-0.25, -0.2) is 4.98 Å². The second-order valence-electron chi connectivity index (χ2n) is 5.67. The fourth-order valence-corrected chi connectivity index (χ4v) is 3.19. The number of nitrogens with one attached hydrogen (secondary N) is 1. The van der Waals surface area contributed by atoms with Crippen LogP contribution < -0.4 is 15.0 Å². The van der Waals surface area contributed by atoms with Gasteiger partial charge in [0, 0.05) is 37.8 Å². The van der Waals surface area contributed by atoms with Crippen molar-refractivity contribution in [1.29, 1.82) is 0 Å². The molecule has 1 saturated heterocycles. The van der Waals surface area contributed by atoms with Gasteiger partial charge in [0.25, 0.3) is 0 Å². The molecular weight excluding hydrogens is 254 g/mol. The van der Waals surface area contributed by atoms with E-state index in [-0.39, 0.29) is 0 Å². The Morgan fingerprint density at radius 1 is 1.40 bits per heavy atom. The topological polar surface area (TPSA) is 46.6 Å². The highest BCUT2D eigenvalue weighted by atomic mass is 16.5. The van der Waals surface area contributed by atoms with E-state index in [1.54, 1.807) is 7.11 Å². The van der Waals surface area contributed by atoms with Gasteiger partial charge in [-0.1, -0.05) is 0 Å². The van der Waals surface area contributed by atoms with Gasteiger partial charge in [-0.15, -0.1) is 0 Å². The molecule has 2 aliphatic heterocycles. The van der Waals surface area contributed by atoms with E-state index in [9.17, 15) is 0 Å². The molecule has 0 saturated carbocycles. The number of rotatable bonds is 4. The largest absolute Gasteiger partial charge is 0.489 e. The first-order chi connectivity index (χ1) is 9.70. The summed E-state index contributed by atoms with van der Waals surface area (Å²) in [6.45, 7) is 7.52. The van der Waals surface area contributed by atoms with Crippen molar-refractivity contribution in [2.75, 3.05) is 38.3 Å². The third kappa shape index (κ3) is 2.36. The molecule has 0 amide bonds. The molecule has 20 heavy (non-hydrogen) atoms. The van der Waals surface area contributed by atoms with Crippen LogP contribution in [0.15, 0.2) is 6.07 Å². The second-order valence-corrected chi connectivity index (χ2v) is 5.67. The average Bonchev–Trinajstić information content (AvgIpc) is 2.78.